The molecule has 3 heterocycles. The number of nitrogens with zero attached hydrogens (tertiary/aromatic N) is 2. The number of benzene rings is 2. The molecule has 1 amide bonds. The minimum atomic E-state index is -4.16. The standard InChI is InChI=1S/C29H37N3O6S2/c1-22-26-21-25(39(34,35)31-17-7-2-3-8-18-31)11-12-27(26)32(40(36,37)24-9-5-4-6-10-24)28(22)29(33)30-16-13-23-14-19-38-20-15-23/h4-6,9-12,21,23H,2-3,7-8,13-20H2,1H3,(H,30,33). The average Bonchev–Trinajstić information content (AvgIpc) is 3.10. The van der Waals surface area contributed by atoms with Gasteiger partial charge in [0, 0.05) is 38.2 Å². The van der Waals surface area contributed by atoms with Crippen LogP contribution >= 0.6 is 0 Å². The summed E-state index contributed by atoms with van der Waals surface area (Å²) < 4.78 is 62.9. The number of fused-ring (bicyclic) bond motifs is 1. The fourth-order valence-electron chi connectivity index (χ4n) is 5.70. The second kappa shape index (κ2) is 12.0. The lowest BCUT2D eigenvalue weighted by atomic mass is 9.97. The van der Waals surface area contributed by atoms with Crippen molar-refractivity contribution in [1.82, 2.24) is 13.6 Å². The highest BCUT2D eigenvalue weighted by Gasteiger charge is 2.31. The van der Waals surface area contributed by atoms with Crippen LogP contribution in [0.15, 0.2) is 58.3 Å². The molecule has 0 atom stereocenters. The van der Waals surface area contributed by atoms with Gasteiger partial charge in [-0.2, -0.15) is 4.31 Å². The number of sulfonamides is 1. The zero-order valence-corrected chi connectivity index (χ0v) is 24.5. The van der Waals surface area contributed by atoms with Crippen molar-refractivity contribution in [3.8, 4) is 0 Å². The van der Waals surface area contributed by atoms with E-state index in [1.165, 1.54) is 34.6 Å². The minimum Gasteiger partial charge on any atom is -0.381 e. The van der Waals surface area contributed by atoms with Gasteiger partial charge in [-0.15, -0.1) is 0 Å². The van der Waals surface area contributed by atoms with E-state index in [4.69, 9.17) is 4.74 Å². The van der Waals surface area contributed by atoms with E-state index in [1.54, 1.807) is 25.1 Å². The van der Waals surface area contributed by atoms with E-state index in [1.807, 2.05) is 0 Å². The SMILES string of the molecule is Cc1c(C(=O)NCCC2CCOCC2)n(S(=O)(=O)c2ccccc2)c2ccc(S(=O)(=O)N3CCCCCC3)cc12. The maximum Gasteiger partial charge on any atom is 0.269 e. The van der Waals surface area contributed by atoms with Crippen LogP contribution in [0.1, 0.15) is 61.0 Å². The molecule has 0 saturated carbocycles. The Morgan fingerprint density at radius 1 is 0.900 bits per heavy atom. The number of rotatable bonds is 8. The molecule has 1 aromatic heterocycles. The van der Waals surface area contributed by atoms with Crippen LogP contribution in [0.3, 0.4) is 0 Å². The Hall–Kier alpha value is -2.73. The molecular weight excluding hydrogens is 550 g/mol. The van der Waals surface area contributed by atoms with Crippen LogP contribution in [0.25, 0.3) is 10.9 Å². The average molecular weight is 588 g/mol. The van der Waals surface area contributed by atoms with Crippen molar-refractivity contribution < 1.29 is 26.4 Å². The largest absolute Gasteiger partial charge is 0.381 e. The van der Waals surface area contributed by atoms with E-state index in [2.05, 4.69) is 5.32 Å². The fourth-order valence-corrected chi connectivity index (χ4v) is 8.84. The smallest absolute Gasteiger partial charge is 0.269 e. The van der Waals surface area contributed by atoms with Crippen molar-refractivity contribution in [2.45, 2.75) is 61.7 Å². The lowest BCUT2D eigenvalue weighted by Crippen LogP contribution is -2.31. The molecule has 2 fully saturated rings. The van der Waals surface area contributed by atoms with E-state index in [0.717, 1.165) is 48.9 Å². The van der Waals surface area contributed by atoms with Gasteiger partial charge in [-0.3, -0.25) is 4.79 Å². The molecule has 0 spiro atoms. The summed E-state index contributed by atoms with van der Waals surface area (Å²) in [7, 11) is -7.93. The van der Waals surface area contributed by atoms with Crippen molar-refractivity contribution in [2.75, 3.05) is 32.8 Å². The number of hydrogen-bond acceptors (Lipinski definition) is 6. The minimum absolute atomic E-state index is 0.00449. The number of nitrogens with one attached hydrogen (secondary N) is 1. The van der Waals surface area contributed by atoms with Gasteiger partial charge >= 0.3 is 0 Å². The molecular formula is C29H37N3O6S2. The fraction of sp³-hybridized carbons (Fsp3) is 0.483. The van der Waals surface area contributed by atoms with Gasteiger partial charge in [0.05, 0.1) is 15.3 Å². The molecule has 2 aromatic carbocycles. The molecule has 1 N–H and O–H groups in total. The Kier molecular flexibility index (Phi) is 8.65. The first kappa shape index (κ1) is 28.8. The molecule has 0 radical (unpaired) electrons. The molecule has 0 bridgehead atoms. The summed E-state index contributed by atoms with van der Waals surface area (Å²) >= 11 is 0. The molecule has 11 heteroatoms. The monoisotopic (exact) mass is 587 g/mol. The maximum atomic E-state index is 13.9. The first-order valence-corrected chi connectivity index (χ1v) is 16.9. The summed E-state index contributed by atoms with van der Waals surface area (Å²) in [6, 6.07) is 12.4. The molecule has 5 rings (SSSR count). The van der Waals surface area contributed by atoms with Crippen molar-refractivity contribution >= 4 is 36.9 Å². The van der Waals surface area contributed by atoms with Crippen LogP contribution in [0.4, 0.5) is 0 Å². The number of aromatic nitrogens is 1. The normalized spacial score (nSPS) is 18.0. The molecule has 40 heavy (non-hydrogen) atoms. The Morgan fingerprint density at radius 3 is 2.25 bits per heavy atom. The van der Waals surface area contributed by atoms with Crippen molar-refractivity contribution in [3.63, 3.8) is 0 Å². The van der Waals surface area contributed by atoms with Crippen molar-refractivity contribution in [1.29, 1.82) is 0 Å². The molecule has 2 saturated heterocycles. The van der Waals surface area contributed by atoms with Gasteiger partial charge in [0.25, 0.3) is 15.9 Å². The zero-order valence-electron chi connectivity index (χ0n) is 22.8. The molecule has 2 aliphatic rings. The zero-order chi connectivity index (χ0) is 28.3. The number of carbonyl (C=O) groups is 1. The lowest BCUT2D eigenvalue weighted by Gasteiger charge is -2.22. The van der Waals surface area contributed by atoms with E-state index >= 15 is 0 Å². The Labute approximate surface area is 236 Å². The summed E-state index contributed by atoms with van der Waals surface area (Å²) in [5.41, 5.74) is 0.687. The molecule has 216 valence electrons. The molecule has 3 aromatic rings. The Morgan fingerprint density at radius 2 is 1.57 bits per heavy atom. The predicted molar refractivity (Wildman–Crippen MR) is 153 cm³/mol. The summed E-state index contributed by atoms with van der Waals surface area (Å²) in [6.45, 7) is 4.43. The third kappa shape index (κ3) is 5.70. The summed E-state index contributed by atoms with van der Waals surface area (Å²) in [6.07, 6.45) is 6.26. The topological polar surface area (TPSA) is 115 Å². The molecule has 0 aliphatic carbocycles. The van der Waals surface area contributed by atoms with Crippen molar-refractivity contribution in [2.24, 2.45) is 5.92 Å². The first-order chi connectivity index (χ1) is 19.2. The van der Waals surface area contributed by atoms with Gasteiger partial charge in [0.1, 0.15) is 5.69 Å². The second-order valence-corrected chi connectivity index (χ2v) is 14.4. The van der Waals surface area contributed by atoms with E-state index in [-0.39, 0.29) is 21.0 Å². The van der Waals surface area contributed by atoms with Gasteiger partial charge in [-0.1, -0.05) is 31.0 Å². The highest BCUT2D eigenvalue weighted by molar-refractivity contribution is 7.90. The van der Waals surface area contributed by atoms with Gasteiger partial charge in [0.2, 0.25) is 10.0 Å². The maximum absolute atomic E-state index is 13.9. The van der Waals surface area contributed by atoms with Crippen LogP contribution in [0.2, 0.25) is 0 Å². The lowest BCUT2D eigenvalue weighted by molar-refractivity contribution is 0.0635. The number of hydrogen-bond donors (Lipinski definition) is 1. The van der Waals surface area contributed by atoms with E-state index in [9.17, 15) is 21.6 Å². The second-order valence-electron chi connectivity index (χ2n) is 10.7. The van der Waals surface area contributed by atoms with Crippen LogP contribution < -0.4 is 5.32 Å². The predicted octanol–water partition coefficient (Wildman–Crippen LogP) is 4.30. The van der Waals surface area contributed by atoms with Gasteiger partial charge in [-0.25, -0.2) is 20.8 Å². The van der Waals surface area contributed by atoms with Gasteiger partial charge in [-0.05, 0) is 80.8 Å². The third-order valence-electron chi connectivity index (χ3n) is 8.03. The van der Waals surface area contributed by atoms with E-state index < -0.39 is 26.0 Å². The van der Waals surface area contributed by atoms with Crippen LogP contribution in [0, 0.1) is 12.8 Å². The van der Waals surface area contributed by atoms with Crippen molar-refractivity contribution in [3.05, 3.63) is 59.8 Å². The number of ether oxygens (including phenoxy) is 1. The Bertz CT molecular complexity index is 1570. The van der Waals surface area contributed by atoms with Crippen LogP contribution in [-0.4, -0.2) is 63.9 Å². The van der Waals surface area contributed by atoms with Gasteiger partial charge in [0.15, 0.2) is 0 Å². The van der Waals surface area contributed by atoms with E-state index in [0.29, 0.717) is 49.7 Å². The van der Waals surface area contributed by atoms with Crippen LogP contribution in [0.5, 0.6) is 0 Å². The summed E-state index contributed by atoms with van der Waals surface area (Å²) in [5.74, 6) is -0.0574. The molecule has 0 unspecified atom stereocenters. The first-order valence-electron chi connectivity index (χ1n) is 14.0. The quantitative estimate of drug-likeness (QED) is 0.420. The van der Waals surface area contributed by atoms with Crippen LogP contribution in [-0.2, 0) is 24.8 Å². The number of amides is 1. The van der Waals surface area contributed by atoms with Gasteiger partial charge < -0.3 is 10.1 Å². The molecule has 2 aliphatic heterocycles. The number of carbonyl (C=O) groups excluding carboxylic acids is 1. The third-order valence-corrected chi connectivity index (χ3v) is 11.6. The summed E-state index contributed by atoms with van der Waals surface area (Å²) in [4.78, 5) is 13.7. The number of aryl methyl sites for hydroxylation is 1. The molecule has 9 nitrogen and oxygen atoms in total. The highest BCUT2D eigenvalue weighted by Crippen LogP contribution is 2.33. The Balaban J connectivity index is 1.56. The highest BCUT2D eigenvalue weighted by atomic mass is 32.2. The summed E-state index contributed by atoms with van der Waals surface area (Å²) in [5, 5.41) is 3.35.